The summed E-state index contributed by atoms with van der Waals surface area (Å²) in [6, 6.07) is 35.9. The number of carbonyl (C=O) groups is 3. The Morgan fingerprint density at radius 2 is 1.49 bits per heavy atom. The van der Waals surface area contributed by atoms with Crippen LogP contribution in [0.2, 0.25) is 0 Å². The van der Waals surface area contributed by atoms with Gasteiger partial charge in [0.2, 0.25) is 11.8 Å². The third-order valence-corrected chi connectivity index (χ3v) is 11.5. The summed E-state index contributed by atoms with van der Waals surface area (Å²) in [5.41, 5.74) is 5.26. The molecule has 3 N–H and O–H groups in total. The van der Waals surface area contributed by atoms with Crippen molar-refractivity contribution in [2.24, 2.45) is 10.2 Å². The van der Waals surface area contributed by atoms with Gasteiger partial charge in [-0.05, 0) is 77.9 Å². The van der Waals surface area contributed by atoms with Crippen molar-refractivity contribution in [3.8, 4) is 5.75 Å². The molecule has 1 aliphatic heterocycles. The van der Waals surface area contributed by atoms with Gasteiger partial charge in [-0.15, -0.1) is 9.45 Å². The van der Waals surface area contributed by atoms with Crippen LogP contribution in [0, 0.1) is 0 Å². The van der Waals surface area contributed by atoms with Gasteiger partial charge in [-0.25, -0.2) is 10.2 Å². The van der Waals surface area contributed by atoms with Gasteiger partial charge in [0.1, 0.15) is 18.4 Å². The topological polar surface area (TPSA) is 195 Å². The molecule has 5 aromatic rings. The molecular formula is C50H59N7O10S. The van der Waals surface area contributed by atoms with E-state index in [9.17, 15) is 14.4 Å². The number of rotatable bonds is 30. The number of azo groups is 1. The zero-order valence-electron chi connectivity index (χ0n) is 38.2. The van der Waals surface area contributed by atoms with Crippen molar-refractivity contribution < 1.29 is 48.0 Å². The normalized spacial score (nSPS) is 13.1. The van der Waals surface area contributed by atoms with E-state index in [1.165, 1.54) is 6.20 Å². The Labute approximate surface area is 401 Å². The molecule has 17 nitrogen and oxygen atoms in total. The second-order valence-electron chi connectivity index (χ2n) is 15.7. The molecule has 0 saturated carbocycles. The van der Waals surface area contributed by atoms with Gasteiger partial charge in [0, 0.05) is 63.1 Å². The first kappa shape index (κ1) is 51.1. The van der Waals surface area contributed by atoms with Crippen LogP contribution in [-0.4, -0.2) is 112 Å². The number of likely N-dealkylation sites (N-methyl/N-ethyl adjacent to an activating group) is 1. The number of ether oxygens (including phenoxy) is 4. The van der Waals surface area contributed by atoms with Gasteiger partial charge in [0.05, 0.1) is 57.1 Å². The Bertz CT molecular complexity index is 2330. The standard InChI is InChI=1S/C50H59N7O10S/c1-56(25-22-38-12-4-2-5-13-38)48(58)36-57-44-20-19-43(65-37-39-14-6-3-7-15-39)32-42(44)33-45(57)50(60)52-24-11-27-63-29-31-64-30-28-62-26-10-23-51-49(59)41-18-21-47(53-34-41)55-54-35-40-16-8-9-17-46(40)68-67-66-61/h2-9,12-21,32,34,45,61H,10-11,22-31,33,35-37H2,1H3,(H,51,59)(H,52,60). The van der Waals surface area contributed by atoms with E-state index in [1.807, 2.05) is 96.9 Å². The van der Waals surface area contributed by atoms with Crippen LogP contribution in [0.15, 0.2) is 137 Å². The van der Waals surface area contributed by atoms with Crippen molar-refractivity contribution in [3.63, 3.8) is 0 Å². The van der Waals surface area contributed by atoms with E-state index in [1.54, 1.807) is 23.1 Å². The highest BCUT2D eigenvalue weighted by atomic mass is 32.2. The van der Waals surface area contributed by atoms with E-state index >= 15 is 0 Å². The van der Waals surface area contributed by atoms with Crippen LogP contribution >= 0.6 is 12.0 Å². The highest BCUT2D eigenvalue weighted by Crippen LogP contribution is 2.35. The molecule has 4 aromatic carbocycles. The van der Waals surface area contributed by atoms with E-state index in [4.69, 9.17) is 24.2 Å². The van der Waals surface area contributed by atoms with E-state index in [2.05, 4.69) is 47.4 Å². The summed E-state index contributed by atoms with van der Waals surface area (Å²) >= 11 is 0.851. The Hall–Kier alpha value is -6.25. The zero-order valence-corrected chi connectivity index (χ0v) is 39.0. The summed E-state index contributed by atoms with van der Waals surface area (Å²) in [6.07, 6.45) is 3.89. The fraction of sp³-hybridized carbons (Fsp3) is 0.360. The smallest absolute Gasteiger partial charge is 0.252 e. The monoisotopic (exact) mass is 949 g/mol. The maximum atomic E-state index is 13.7. The number of aromatic nitrogens is 1. The molecule has 1 atom stereocenters. The molecule has 6 rings (SSSR count). The number of amides is 3. The van der Waals surface area contributed by atoms with Crippen molar-refractivity contribution in [2.45, 2.75) is 49.8 Å². The number of hydrogen-bond donors (Lipinski definition) is 3. The molecular weight excluding hydrogens is 891 g/mol. The quantitative estimate of drug-likeness (QED) is 0.0138. The molecule has 2 heterocycles. The number of carbonyl (C=O) groups excluding carboxylic acids is 3. The molecule has 0 radical (unpaired) electrons. The summed E-state index contributed by atoms with van der Waals surface area (Å²) in [7, 11) is 1.81. The molecule has 0 bridgehead atoms. The van der Waals surface area contributed by atoms with Crippen LogP contribution in [0.5, 0.6) is 5.75 Å². The Balaban J connectivity index is 0.810. The first-order chi connectivity index (χ1) is 33.4. The van der Waals surface area contributed by atoms with Crippen LogP contribution in [0.3, 0.4) is 0 Å². The SMILES string of the molecule is CN(CCc1ccccc1)C(=O)CN1c2ccc(OCc3ccccc3)cc2CC1C(=O)NCCCOCCOCCOCCCNC(=O)c1ccc(N=NCc2ccccc2SOOO)nc1. The van der Waals surface area contributed by atoms with Crippen molar-refractivity contribution in [1.29, 1.82) is 0 Å². The summed E-state index contributed by atoms with van der Waals surface area (Å²) in [6.45, 7) is 4.75. The number of nitrogens with one attached hydrogen (secondary N) is 2. The lowest BCUT2D eigenvalue weighted by molar-refractivity contribution is -0.432. The van der Waals surface area contributed by atoms with Crippen molar-refractivity contribution in [1.82, 2.24) is 20.5 Å². The summed E-state index contributed by atoms with van der Waals surface area (Å²) in [4.78, 5) is 48.3. The maximum Gasteiger partial charge on any atom is 0.252 e. The Morgan fingerprint density at radius 3 is 2.19 bits per heavy atom. The lowest BCUT2D eigenvalue weighted by Gasteiger charge is -2.28. The van der Waals surface area contributed by atoms with Crippen LogP contribution in [0.1, 0.15) is 45.5 Å². The van der Waals surface area contributed by atoms with E-state index in [0.717, 1.165) is 46.4 Å². The number of hydrogen-bond acceptors (Lipinski definition) is 15. The third kappa shape index (κ3) is 17.1. The Kier molecular flexibility index (Phi) is 21.7. The predicted octanol–water partition coefficient (Wildman–Crippen LogP) is 7.18. The fourth-order valence-electron chi connectivity index (χ4n) is 7.14. The van der Waals surface area contributed by atoms with E-state index in [0.29, 0.717) is 107 Å². The molecule has 0 spiro atoms. The average molecular weight is 950 g/mol. The van der Waals surface area contributed by atoms with Crippen LogP contribution < -0.4 is 20.3 Å². The highest BCUT2D eigenvalue weighted by molar-refractivity contribution is 7.94. The molecule has 1 aromatic heterocycles. The van der Waals surface area contributed by atoms with Gasteiger partial charge in [-0.1, -0.05) is 83.9 Å². The minimum atomic E-state index is -0.541. The van der Waals surface area contributed by atoms with Crippen molar-refractivity contribution >= 4 is 41.3 Å². The molecule has 3 amide bonds. The Morgan fingerprint density at radius 1 is 0.809 bits per heavy atom. The van der Waals surface area contributed by atoms with Crippen LogP contribution in [0.25, 0.3) is 0 Å². The first-order valence-electron chi connectivity index (χ1n) is 22.6. The minimum absolute atomic E-state index is 0.0574. The summed E-state index contributed by atoms with van der Waals surface area (Å²) in [5, 5.41) is 26.3. The number of benzene rings is 4. The second-order valence-corrected chi connectivity index (χ2v) is 16.4. The van der Waals surface area contributed by atoms with Gasteiger partial charge in [-0.2, -0.15) is 5.11 Å². The number of nitrogens with zero attached hydrogens (tertiary/aromatic N) is 5. The first-order valence-corrected chi connectivity index (χ1v) is 23.3. The molecule has 1 aliphatic rings. The lowest BCUT2D eigenvalue weighted by atomic mass is 10.1. The molecule has 0 aliphatic carbocycles. The lowest BCUT2D eigenvalue weighted by Crippen LogP contribution is -2.49. The number of anilines is 1. The average Bonchev–Trinajstić information content (AvgIpc) is 3.73. The summed E-state index contributed by atoms with van der Waals surface area (Å²) < 4.78 is 27.6. The van der Waals surface area contributed by atoms with Gasteiger partial charge in [-0.3, -0.25) is 14.4 Å². The molecule has 0 fully saturated rings. The second kappa shape index (κ2) is 28.8. The van der Waals surface area contributed by atoms with Crippen LogP contribution in [0.4, 0.5) is 11.5 Å². The van der Waals surface area contributed by atoms with Gasteiger partial charge >= 0.3 is 0 Å². The van der Waals surface area contributed by atoms with E-state index < -0.39 is 6.04 Å². The zero-order chi connectivity index (χ0) is 47.6. The van der Waals surface area contributed by atoms with Crippen LogP contribution in [-0.2, 0) is 59.2 Å². The molecule has 18 heteroatoms. The maximum absolute atomic E-state index is 13.7. The molecule has 1 unspecified atom stereocenters. The number of fused-ring (bicyclic) bond motifs is 1. The van der Waals surface area contributed by atoms with E-state index in [-0.39, 0.29) is 30.8 Å². The predicted molar refractivity (Wildman–Crippen MR) is 256 cm³/mol. The molecule has 360 valence electrons. The fourth-order valence-corrected chi connectivity index (χ4v) is 7.62. The molecule has 68 heavy (non-hydrogen) atoms. The van der Waals surface area contributed by atoms with Gasteiger partial charge in [0.25, 0.3) is 5.91 Å². The third-order valence-electron chi connectivity index (χ3n) is 10.8. The van der Waals surface area contributed by atoms with Crippen molar-refractivity contribution in [3.05, 3.63) is 149 Å². The molecule has 0 saturated heterocycles. The van der Waals surface area contributed by atoms with Crippen molar-refractivity contribution in [2.75, 3.05) is 77.8 Å². The summed E-state index contributed by atoms with van der Waals surface area (Å²) in [5.74, 6) is 0.622. The van der Waals surface area contributed by atoms with Gasteiger partial charge in [0.15, 0.2) is 5.82 Å². The highest BCUT2D eigenvalue weighted by Gasteiger charge is 2.36. The van der Waals surface area contributed by atoms with Gasteiger partial charge < -0.3 is 39.4 Å². The largest absolute Gasteiger partial charge is 0.489 e. The minimum Gasteiger partial charge on any atom is -0.489 e. The number of pyridine rings is 1.